The zero-order valence-electron chi connectivity index (χ0n) is 18.8. The van der Waals surface area contributed by atoms with E-state index in [0.717, 1.165) is 5.56 Å². The first-order valence-electron chi connectivity index (χ1n) is 10.2. The summed E-state index contributed by atoms with van der Waals surface area (Å²) in [5.74, 6) is 0.284. The van der Waals surface area contributed by atoms with Gasteiger partial charge < -0.3 is 19.5 Å². The molecule has 1 amide bonds. The number of ether oxygens (including phenoxy) is 3. The van der Waals surface area contributed by atoms with Gasteiger partial charge in [-0.05, 0) is 47.5 Å². The summed E-state index contributed by atoms with van der Waals surface area (Å²) in [6, 6.07) is 17.8. The number of nitriles is 1. The number of rotatable bonds is 9. The predicted octanol–water partition coefficient (Wildman–Crippen LogP) is 5.39. The highest BCUT2D eigenvalue weighted by Crippen LogP contribution is 2.31. The normalized spacial score (nSPS) is 10.7. The molecule has 0 radical (unpaired) electrons. The van der Waals surface area contributed by atoms with E-state index in [1.165, 1.54) is 38.5 Å². The lowest BCUT2D eigenvalue weighted by atomic mass is 10.1. The van der Waals surface area contributed by atoms with Gasteiger partial charge in [0.25, 0.3) is 11.6 Å². The highest BCUT2D eigenvalue weighted by molar-refractivity contribution is 6.30. The maximum absolute atomic E-state index is 12.7. The number of nitrogens with zero attached hydrogens (tertiary/aromatic N) is 2. The van der Waals surface area contributed by atoms with Crippen molar-refractivity contribution in [3.05, 3.63) is 92.5 Å². The molecule has 3 aromatic carbocycles. The fourth-order valence-corrected chi connectivity index (χ4v) is 3.17. The smallest absolute Gasteiger partial charge is 0.273 e. The Bertz CT molecular complexity index is 1320. The van der Waals surface area contributed by atoms with Crippen molar-refractivity contribution in [3.8, 4) is 23.3 Å². The molecule has 178 valence electrons. The molecule has 0 saturated heterocycles. The SMILES string of the molecule is COc1cc([N+](=O)[O-])ccc1NC(=O)C(C#N)=Cc1ccc(OC)c(OCc2ccc(Cl)cc2)c1. The van der Waals surface area contributed by atoms with E-state index in [0.29, 0.717) is 22.1 Å². The van der Waals surface area contributed by atoms with Gasteiger partial charge in [-0.15, -0.1) is 0 Å². The van der Waals surface area contributed by atoms with Crippen LogP contribution in [0.1, 0.15) is 11.1 Å². The van der Waals surface area contributed by atoms with Gasteiger partial charge in [0.15, 0.2) is 11.5 Å². The monoisotopic (exact) mass is 493 g/mol. The fourth-order valence-electron chi connectivity index (χ4n) is 3.04. The summed E-state index contributed by atoms with van der Waals surface area (Å²) in [6.45, 7) is 0.256. The summed E-state index contributed by atoms with van der Waals surface area (Å²) in [4.78, 5) is 23.1. The fraction of sp³-hybridized carbons (Fsp3) is 0.120. The number of methoxy groups -OCH3 is 2. The Labute approximate surface area is 206 Å². The van der Waals surface area contributed by atoms with Crippen LogP contribution < -0.4 is 19.5 Å². The maximum atomic E-state index is 12.7. The minimum absolute atomic E-state index is 0.0900. The number of nitro benzene ring substituents is 1. The minimum Gasteiger partial charge on any atom is -0.494 e. The van der Waals surface area contributed by atoms with Crippen LogP contribution in [-0.2, 0) is 11.4 Å². The Balaban J connectivity index is 1.81. The third-order valence-corrected chi connectivity index (χ3v) is 5.07. The van der Waals surface area contributed by atoms with Crippen LogP contribution in [-0.4, -0.2) is 25.1 Å². The predicted molar refractivity (Wildman–Crippen MR) is 131 cm³/mol. The van der Waals surface area contributed by atoms with Crippen LogP contribution in [0.2, 0.25) is 5.02 Å². The van der Waals surface area contributed by atoms with Crippen LogP contribution in [0.25, 0.3) is 6.08 Å². The number of nitrogens with one attached hydrogen (secondary N) is 1. The number of halogens is 1. The van der Waals surface area contributed by atoms with E-state index in [2.05, 4.69) is 5.32 Å². The number of amides is 1. The Hall–Kier alpha value is -4.55. The average molecular weight is 494 g/mol. The molecule has 0 unspecified atom stereocenters. The van der Waals surface area contributed by atoms with E-state index >= 15 is 0 Å². The molecule has 0 fully saturated rings. The molecule has 0 aliphatic rings. The molecular formula is C25H20ClN3O6. The van der Waals surface area contributed by atoms with Gasteiger partial charge in [0.05, 0.1) is 30.9 Å². The third kappa shape index (κ3) is 6.50. The van der Waals surface area contributed by atoms with Crippen molar-refractivity contribution >= 4 is 35.0 Å². The second kappa shape index (κ2) is 11.5. The first kappa shape index (κ1) is 25.1. The van der Waals surface area contributed by atoms with Crippen molar-refractivity contribution in [2.45, 2.75) is 6.61 Å². The number of non-ortho nitro benzene ring substituents is 1. The minimum atomic E-state index is -0.709. The second-order valence-electron chi connectivity index (χ2n) is 7.09. The molecule has 0 aliphatic carbocycles. The van der Waals surface area contributed by atoms with E-state index in [9.17, 15) is 20.2 Å². The molecule has 9 nitrogen and oxygen atoms in total. The molecule has 0 aliphatic heterocycles. The first-order chi connectivity index (χ1) is 16.8. The summed E-state index contributed by atoms with van der Waals surface area (Å²) in [6.07, 6.45) is 1.39. The van der Waals surface area contributed by atoms with Crippen molar-refractivity contribution < 1.29 is 23.9 Å². The quantitative estimate of drug-likeness (QED) is 0.183. The van der Waals surface area contributed by atoms with Crippen LogP contribution >= 0.6 is 11.6 Å². The van der Waals surface area contributed by atoms with E-state index in [1.807, 2.05) is 18.2 Å². The highest BCUT2D eigenvalue weighted by Gasteiger charge is 2.16. The van der Waals surface area contributed by atoms with Crippen LogP contribution in [0.5, 0.6) is 17.2 Å². The number of nitro groups is 1. The molecule has 0 aromatic heterocycles. The number of carbonyl (C=O) groups excluding carboxylic acids is 1. The zero-order chi connectivity index (χ0) is 25.4. The Kier molecular flexibility index (Phi) is 8.27. The van der Waals surface area contributed by atoms with Gasteiger partial charge in [0.1, 0.15) is 24.0 Å². The van der Waals surface area contributed by atoms with Gasteiger partial charge in [-0.1, -0.05) is 29.8 Å². The lowest BCUT2D eigenvalue weighted by Gasteiger charge is -2.12. The van der Waals surface area contributed by atoms with Crippen molar-refractivity contribution in [1.29, 1.82) is 5.26 Å². The van der Waals surface area contributed by atoms with Gasteiger partial charge in [0.2, 0.25) is 0 Å². The maximum Gasteiger partial charge on any atom is 0.273 e. The molecule has 3 rings (SSSR count). The van der Waals surface area contributed by atoms with Crippen molar-refractivity contribution in [3.63, 3.8) is 0 Å². The number of hydrogen-bond donors (Lipinski definition) is 1. The molecule has 1 N–H and O–H groups in total. The van der Waals surface area contributed by atoms with Gasteiger partial charge in [0, 0.05) is 11.1 Å². The van der Waals surface area contributed by atoms with E-state index in [1.54, 1.807) is 30.3 Å². The van der Waals surface area contributed by atoms with E-state index in [4.69, 9.17) is 25.8 Å². The molecule has 35 heavy (non-hydrogen) atoms. The lowest BCUT2D eigenvalue weighted by Crippen LogP contribution is -2.14. The van der Waals surface area contributed by atoms with Crippen LogP contribution in [0.15, 0.2) is 66.2 Å². The number of anilines is 1. The van der Waals surface area contributed by atoms with Gasteiger partial charge in [-0.3, -0.25) is 14.9 Å². The molecule has 0 saturated carbocycles. The molecule has 0 bridgehead atoms. The Morgan fingerprint density at radius 2 is 1.77 bits per heavy atom. The Morgan fingerprint density at radius 1 is 1.06 bits per heavy atom. The average Bonchev–Trinajstić information content (AvgIpc) is 2.87. The van der Waals surface area contributed by atoms with Crippen molar-refractivity contribution in [2.75, 3.05) is 19.5 Å². The summed E-state index contributed by atoms with van der Waals surface area (Å²) in [5.41, 5.74) is 1.22. The molecular weight excluding hydrogens is 474 g/mol. The molecule has 0 atom stereocenters. The summed E-state index contributed by atoms with van der Waals surface area (Å²) >= 11 is 5.91. The number of benzene rings is 3. The molecule has 0 spiro atoms. The molecule has 10 heteroatoms. The van der Waals surface area contributed by atoms with Gasteiger partial charge >= 0.3 is 0 Å². The highest BCUT2D eigenvalue weighted by atomic mass is 35.5. The Morgan fingerprint density at radius 3 is 2.40 bits per heavy atom. The van der Waals surface area contributed by atoms with Gasteiger partial charge in [-0.2, -0.15) is 5.26 Å². The number of carbonyl (C=O) groups is 1. The zero-order valence-corrected chi connectivity index (χ0v) is 19.5. The van der Waals surface area contributed by atoms with Crippen LogP contribution in [0.3, 0.4) is 0 Å². The molecule has 3 aromatic rings. The van der Waals surface area contributed by atoms with E-state index in [-0.39, 0.29) is 29.3 Å². The summed E-state index contributed by atoms with van der Waals surface area (Å²) in [5, 5.41) is 23.7. The number of hydrogen-bond acceptors (Lipinski definition) is 7. The lowest BCUT2D eigenvalue weighted by molar-refractivity contribution is -0.384. The van der Waals surface area contributed by atoms with Crippen molar-refractivity contribution in [1.82, 2.24) is 0 Å². The topological polar surface area (TPSA) is 124 Å². The van der Waals surface area contributed by atoms with Crippen molar-refractivity contribution in [2.24, 2.45) is 0 Å². The summed E-state index contributed by atoms with van der Waals surface area (Å²) < 4.78 is 16.3. The van der Waals surface area contributed by atoms with Crippen LogP contribution in [0, 0.1) is 21.4 Å². The second-order valence-corrected chi connectivity index (χ2v) is 7.53. The molecule has 0 heterocycles. The summed E-state index contributed by atoms with van der Waals surface area (Å²) in [7, 11) is 2.82. The largest absolute Gasteiger partial charge is 0.494 e. The van der Waals surface area contributed by atoms with Gasteiger partial charge in [-0.25, -0.2) is 0 Å². The standard InChI is InChI=1S/C25H20ClN3O6/c1-33-22-10-5-17(12-24(22)35-15-16-3-6-19(26)7-4-16)11-18(14-27)25(30)28-21-9-8-20(29(31)32)13-23(21)34-2/h3-13H,15H2,1-2H3,(H,28,30). The van der Waals surface area contributed by atoms with E-state index < -0.39 is 10.8 Å². The third-order valence-electron chi connectivity index (χ3n) is 4.82. The van der Waals surface area contributed by atoms with Crippen LogP contribution in [0.4, 0.5) is 11.4 Å². The first-order valence-corrected chi connectivity index (χ1v) is 10.5.